The molecule has 1 aliphatic rings. The summed E-state index contributed by atoms with van der Waals surface area (Å²) in [6, 6.07) is -0.0814. The highest BCUT2D eigenvalue weighted by Crippen LogP contribution is 2.35. The van der Waals surface area contributed by atoms with Crippen LogP contribution in [-0.4, -0.2) is 38.7 Å². The minimum atomic E-state index is -5.05. The van der Waals surface area contributed by atoms with Gasteiger partial charge in [-0.25, -0.2) is 4.98 Å². The first-order valence-electron chi connectivity index (χ1n) is 7.95. The highest BCUT2D eigenvalue weighted by Gasteiger charge is 2.42. The normalized spacial score (nSPS) is 16.7. The molecular formula is C15H14F6N4OS. The molecule has 1 fully saturated rings. The molecule has 0 saturated carbocycles. The third kappa shape index (κ3) is 4.42. The molecule has 1 amide bonds. The lowest BCUT2D eigenvalue weighted by atomic mass is 9.97. The Hall–Kier alpha value is -2.11. The molecule has 1 aliphatic heterocycles. The van der Waals surface area contributed by atoms with Gasteiger partial charge in [-0.05, 0) is 12.8 Å². The number of amides is 1. The number of rotatable bonds is 3. The molecule has 0 spiro atoms. The molecule has 3 heterocycles. The first-order valence-corrected chi connectivity index (χ1v) is 8.83. The summed E-state index contributed by atoms with van der Waals surface area (Å²) < 4.78 is 77.1. The lowest BCUT2D eigenvalue weighted by molar-refractivity contribution is -0.146. The number of halogens is 6. The van der Waals surface area contributed by atoms with Gasteiger partial charge in [0.15, 0.2) is 5.69 Å². The first-order chi connectivity index (χ1) is 12.6. The van der Waals surface area contributed by atoms with E-state index in [1.54, 1.807) is 6.20 Å². The smallest absolute Gasteiger partial charge is 0.341 e. The predicted molar refractivity (Wildman–Crippen MR) is 82.9 cm³/mol. The van der Waals surface area contributed by atoms with Gasteiger partial charge in [0.25, 0.3) is 0 Å². The molecule has 27 heavy (non-hydrogen) atoms. The summed E-state index contributed by atoms with van der Waals surface area (Å²) in [4.78, 5) is 17.9. The minimum absolute atomic E-state index is 0.0814. The van der Waals surface area contributed by atoms with E-state index in [1.165, 1.54) is 16.2 Å². The van der Waals surface area contributed by atoms with Gasteiger partial charge in [-0.1, -0.05) is 0 Å². The number of carbonyl (C=O) groups is 1. The van der Waals surface area contributed by atoms with Gasteiger partial charge < -0.3 is 4.90 Å². The molecule has 0 bridgehead atoms. The first kappa shape index (κ1) is 19.6. The number of piperidine rings is 1. The van der Waals surface area contributed by atoms with Gasteiger partial charge in [-0.15, -0.1) is 11.3 Å². The van der Waals surface area contributed by atoms with Gasteiger partial charge in [-0.3, -0.25) is 9.48 Å². The van der Waals surface area contributed by atoms with Gasteiger partial charge in [0, 0.05) is 36.7 Å². The number of aromatic nitrogens is 3. The van der Waals surface area contributed by atoms with Crippen molar-refractivity contribution in [3.8, 4) is 0 Å². The molecule has 12 heteroatoms. The zero-order chi connectivity index (χ0) is 19.8. The van der Waals surface area contributed by atoms with E-state index in [4.69, 9.17) is 0 Å². The van der Waals surface area contributed by atoms with Crippen LogP contribution in [0.25, 0.3) is 0 Å². The number of thiazole rings is 1. The third-order valence-corrected chi connectivity index (χ3v) is 5.23. The van der Waals surface area contributed by atoms with Crippen LogP contribution < -0.4 is 0 Å². The lowest BCUT2D eigenvalue weighted by Crippen LogP contribution is -2.40. The Labute approximate surface area is 153 Å². The maximum Gasteiger partial charge on any atom is 0.435 e. The predicted octanol–water partition coefficient (Wildman–Crippen LogP) is 3.78. The van der Waals surface area contributed by atoms with Crippen molar-refractivity contribution in [1.82, 2.24) is 19.7 Å². The number of hydrogen-bond donors (Lipinski definition) is 0. The zero-order valence-corrected chi connectivity index (χ0v) is 14.5. The Bertz CT molecular complexity index is 790. The molecule has 5 nitrogen and oxygen atoms in total. The van der Waals surface area contributed by atoms with E-state index in [0.29, 0.717) is 25.9 Å². The SMILES string of the molecule is O=C(Cn1nc(C(F)(F)F)cc1C(F)(F)F)N1CCC(c2nccs2)CC1. The Kier molecular flexibility index (Phi) is 5.19. The Morgan fingerprint density at radius 2 is 1.81 bits per heavy atom. The summed E-state index contributed by atoms with van der Waals surface area (Å²) in [6.45, 7) is -0.289. The van der Waals surface area contributed by atoms with Gasteiger partial charge in [0.05, 0.1) is 5.01 Å². The van der Waals surface area contributed by atoms with Crippen molar-refractivity contribution >= 4 is 17.2 Å². The number of nitrogens with zero attached hydrogens (tertiary/aromatic N) is 4. The van der Waals surface area contributed by atoms with E-state index in [1.807, 2.05) is 5.38 Å². The Morgan fingerprint density at radius 3 is 2.33 bits per heavy atom. The molecule has 0 aliphatic carbocycles. The highest BCUT2D eigenvalue weighted by molar-refractivity contribution is 7.09. The highest BCUT2D eigenvalue weighted by atomic mass is 32.1. The van der Waals surface area contributed by atoms with Gasteiger partial charge in [0.1, 0.15) is 12.2 Å². The van der Waals surface area contributed by atoms with Crippen LogP contribution in [0.1, 0.15) is 35.2 Å². The Balaban J connectivity index is 1.70. The van der Waals surface area contributed by atoms with E-state index < -0.39 is 36.2 Å². The number of alkyl halides is 6. The van der Waals surface area contributed by atoms with Crippen molar-refractivity contribution in [3.63, 3.8) is 0 Å². The van der Waals surface area contributed by atoms with E-state index in [2.05, 4.69) is 10.1 Å². The molecule has 0 aromatic carbocycles. The van der Waals surface area contributed by atoms with Crippen LogP contribution in [0.5, 0.6) is 0 Å². The average Bonchev–Trinajstić information content (AvgIpc) is 3.23. The van der Waals surface area contributed by atoms with Crippen LogP contribution in [0.3, 0.4) is 0 Å². The molecule has 0 unspecified atom stereocenters. The van der Waals surface area contributed by atoms with Crippen LogP contribution in [0.4, 0.5) is 26.3 Å². The summed E-state index contributed by atoms with van der Waals surface area (Å²) in [5, 5.41) is 5.72. The summed E-state index contributed by atoms with van der Waals surface area (Å²) in [5.41, 5.74) is -3.27. The van der Waals surface area contributed by atoms with E-state index >= 15 is 0 Å². The summed E-state index contributed by atoms with van der Waals surface area (Å²) in [7, 11) is 0. The minimum Gasteiger partial charge on any atom is -0.341 e. The van der Waals surface area contributed by atoms with Crippen molar-refractivity contribution in [2.45, 2.75) is 37.7 Å². The summed E-state index contributed by atoms with van der Waals surface area (Å²) in [5.74, 6) is -0.531. The van der Waals surface area contributed by atoms with Crippen LogP contribution in [0.2, 0.25) is 0 Å². The summed E-state index contributed by atoms with van der Waals surface area (Å²) in [6.07, 6.45) is -7.21. The second-order valence-electron chi connectivity index (χ2n) is 6.09. The fraction of sp³-hybridized carbons (Fsp3) is 0.533. The van der Waals surface area contributed by atoms with Gasteiger partial charge in [0.2, 0.25) is 5.91 Å². The van der Waals surface area contributed by atoms with Crippen molar-refractivity contribution in [2.24, 2.45) is 0 Å². The van der Waals surface area contributed by atoms with E-state index in [0.717, 1.165) is 5.01 Å². The number of likely N-dealkylation sites (tertiary alicyclic amines) is 1. The van der Waals surface area contributed by atoms with Crippen LogP contribution in [0.15, 0.2) is 17.6 Å². The molecule has 1 saturated heterocycles. The standard InChI is InChI=1S/C15H14F6N4OS/c16-14(17,18)10-7-11(15(19,20)21)25(23-10)8-12(26)24-4-1-9(2-5-24)13-22-3-6-27-13/h3,6-7,9H,1-2,4-5,8H2. The van der Waals surface area contributed by atoms with Crippen molar-refractivity contribution in [3.05, 3.63) is 34.0 Å². The van der Waals surface area contributed by atoms with Crippen molar-refractivity contribution in [2.75, 3.05) is 13.1 Å². The topological polar surface area (TPSA) is 51.0 Å². The van der Waals surface area contributed by atoms with Gasteiger partial charge in [-0.2, -0.15) is 31.4 Å². The molecule has 0 radical (unpaired) electrons. The second kappa shape index (κ2) is 7.13. The van der Waals surface area contributed by atoms with E-state index in [9.17, 15) is 31.1 Å². The molecule has 0 N–H and O–H groups in total. The van der Waals surface area contributed by atoms with Crippen LogP contribution in [0, 0.1) is 0 Å². The van der Waals surface area contributed by atoms with Gasteiger partial charge >= 0.3 is 12.4 Å². The van der Waals surface area contributed by atoms with Crippen molar-refractivity contribution < 1.29 is 31.1 Å². The number of carbonyl (C=O) groups excluding carboxylic acids is 1. The zero-order valence-electron chi connectivity index (χ0n) is 13.7. The average molecular weight is 412 g/mol. The molecule has 3 rings (SSSR count). The lowest BCUT2D eigenvalue weighted by Gasteiger charge is -2.31. The fourth-order valence-electron chi connectivity index (χ4n) is 2.94. The second-order valence-corrected chi connectivity index (χ2v) is 7.02. The van der Waals surface area contributed by atoms with Crippen LogP contribution >= 0.6 is 11.3 Å². The maximum atomic E-state index is 13.0. The third-order valence-electron chi connectivity index (χ3n) is 4.29. The molecule has 0 atom stereocenters. The molecular weight excluding hydrogens is 398 g/mol. The summed E-state index contributed by atoms with van der Waals surface area (Å²) >= 11 is 1.49. The fourth-order valence-corrected chi connectivity index (χ4v) is 3.76. The largest absolute Gasteiger partial charge is 0.435 e. The van der Waals surface area contributed by atoms with Crippen molar-refractivity contribution in [1.29, 1.82) is 0 Å². The number of hydrogen-bond acceptors (Lipinski definition) is 4. The molecule has 148 valence electrons. The Morgan fingerprint density at radius 1 is 1.15 bits per heavy atom. The molecule has 2 aromatic rings. The maximum absolute atomic E-state index is 13.0. The monoisotopic (exact) mass is 412 g/mol. The van der Waals surface area contributed by atoms with Crippen LogP contribution in [-0.2, 0) is 23.7 Å². The van der Waals surface area contributed by atoms with E-state index in [-0.39, 0.29) is 16.7 Å². The quantitative estimate of drug-likeness (QED) is 0.721. The molecule has 2 aromatic heterocycles.